The first-order valence-electron chi connectivity index (χ1n) is 6.19. The van der Waals surface area contributed by atoms with E-state index in [1.165, 1.54) is 17.3 Å². The largest absolute Gasteiger partial charge is 0.368 e. The quantitative estimate of drug-likeness (QED) is 0.715. The minimum absolute atomic E-state index is 0.132. The third-order valence-electron chi connectivity index (χ3n) is 2.76. The third kappa shape index (κ3) is 2.91. The van der Waals surface area contributed by atoms with Gasteiger partial charge in [0.1, 0.15) is 12.7 Å². The normalized spacial score (nSPS) is 10.5. The minimum Gasteiger partial charge on any atom is -0.368 e. The monoisotopic (exact) mass is 283 g/mol. The van der Waals surface area contributed by atoms with Gasteiger partial charge < -0.3 is 10.6 Å². The Labute approximate surface area is 120 Å². The smallest absolute Gasteiger partial charge is 0.258 e. The molecule has 0 unspecified atom stereocenters. The maximum Gasteiger partial charge on any atom is 0.258 e. The van der Waals surface area contributed by atoms with Gasteiger partial charge >= 0.3 is 0 Å². The Balaban J connectivity index is 1.88. The molecule has 2 N–H and O–H groups in total. The predicted molar refractivity (Wildman–Crippen MR) is 75.5 cm³/mol. The maximum absolute atomic E-state index is 5.74. The molecule has 3 heterocycles. The number of nitrogen functional groups attached to an aromatic ring is 1. The van der Waals surface area contributed by atoms with E-state index >= 15 is 0 Å². The van der Waals surface area contributed by atoms with Crippen molar-refractivity contribution in [2.45, 2.75) is 6.54 Å². The molecule has 3 aromatic rings. The van der Waals surface area contributed by atoms with Gasteiger partial charge in [0.15, 0.2) is 0 Å². The Bertz CT molecular complexity index is 711. The van der Waals surface area contributed by atoms with Crippen molar-refractivity contribution in [3.05, 3.63) is 42.7 Å². The number of pyridine rings is 1. The lowest BCUT2D eigenvalue weighted by molar-refractivity contribution is 0.776. The highest BCUT2D eigenvalue weighted by atomic mass is 15.4. The van der Waals surface area contributed by atoms with E-state index in [9.17, 15) is 0 Å². The van der Waals surface area contributed by atoms with Crippen molar-refractivity contribution in [2.24, 2.45) is 0 Å². The zero-order valence-corrected chi connectivity index (χ0v) is 11.3. The molecule has 0 aliphatic rings. The molecule has 0 fully saturated rings. The Hall–Kier alpha value is -3.10. The molecule has 0 saturated heterocycles. The summed E-state index contributed by atoms with van der Waals surface area (Å²) in [5, 5.41) is 3.98. The van der Waals surface area contributed by atoms with E-state index in [0.717, 1.165) is 5.56 Å². The van der Waals surface area contributed by atoms with Gasteiger partial charge in [-0.15, -0.1) is 0 Å². The van der Waals surface area contributed by atoms with Crippen molar-refractivity contribution in [2.75, 3.05) is 17.7 Å². The Morgan fingerprint density at radius 1 is 1.14 bits per heavy atom. The molecular formula is C12H13N9. The van der Waals surface area contributed by atoms with Crippen LogP contribution >= 0.6 is 0 Å². The number of hydrogen-bond donors (Lipinski definition) is 1. The van der Waals surface area contributed by atoms with E-state index < -0.39 is 0 Å². The molecule has 3 aromatic heterocycles. The molecule has 0 aromatic carbocycles. The van der Waals surface area contributed by atoms with Gasteiger partial charge in [0, 0.05) is 26.0 Å². The molecule has 0 aliphatic carbocycles. The van der Waals surface area contributed by atoms with Crippen LogP contribution in [0.15, 0.2) is 37.2 Å². The Kier molecular flexibility index (Phi) is 3.37. The fraction of sp³-hybridized carbons (Fsp3) is 0.167. The van der Waals surface area contributed by atoms with Gasteiger partial charge in [0.05, 0.1) is 0 Å². The number of nitrogens with two attached hydrogens (primary N) is 1. The molecule has 9 nitrogen and oxygen atoms in total. The Morgan fingerprint density at radius 2 is 1.95 bits per heavy atom. The zero-order valence-electron chi connectivity index (χ0n) is 11.3. The molecule has 0 aliphatic heterocycles. The molecular weight excluding hydrogens is 270 g/mol. The lowest BCUT2D eigenvalue weighted by atomic mass is 10.2. The van der Waals surface area contributed by atoms with Crippen molar-refractivity contribution in [3.63, 3.8) is 0 Å². The molecule has 106 valence electrons. The van der Waals surface area contributed by atoms with Crippen LogP contribution in [0.2, 0.25) is 0 Å². The van der Waals surface area contributed by atoms with Crippen molar-refractivity contribution < 1.29 is 0 Å². The van der Waals surface area contributed by atoms with E-state index in [1.54, 1.807) is 12.4 Å². The van der Waals surface area contributed by atoms with E-state index in [4.69, 9.17) is 5.73 Å². The summed E-state index contributed by atoms with van der Waals surface area (Å²) in [6.07, 6.45) is 6.39. The topological polar surface area (TPSA) is 112 Å². The van der Waals surface area contributed by atoms with Gasteiger partial charge in [-0.1, -0.05) is 0 Å². The number of rotatable bonds is 4. The first kappa shape index (κ1) is 12.9. The van der Waals surface area contributed by atoms with Crippen molar-refractivity contribution in [1.29, 1.82) is 0 Å². The standard InChI is InChI=1S/C12H13N9/c1-20(6-9-2-4-14-5-3-9)11-17-10(13)18-12(19-11)21-8-15-7-16-21/h2-5,7-8H,6H2,1H3,(H2,13,17,18,19). The SMILES string of the molecule is CN(Cc1ccncc1)c1nc(N)nc(-n2cncn2)n1. The zero-order chi connectivity index (χ0) is 14.7. The molecule has 21 heavy (non-hydrogen) atoms. The number of hydrogen-bond acceptors (Lipinski definition) is 8. The van der Waals surface area contributed by atoms with Gasteiger partial charge in [-0.3, -0.25) is 4.98 Å². The lowest BCUT2D eigenvalue weighted by Crippen LogP contribution is -2.21. The number of nitrogens with zero attached hydrogens (tertiary/aromatic N) is 8. The first-order valence-corrected chi connectivity index (χ1v) is 6.19. The van der Waals surface area contributed by atoms with Crippen LogP contribution in [0, 0.1) is 0 Å². The van der Waals surface area contributed by atoms with Gasteiger partial charge in [-0.05, 0) is 17.7 Å². The highest BCUT2D eigenvalue weighted by Crippen LogP contribution is 2.12. The molecule has 0 bridgehead atoms. The van der Waals surface area contributed by atoms with Crippen LogP contribution in [-0.2, 0) is 6.54 Å². The maximum atomic E-state index is 5.74. The Morgan fingerprint density at radius 3 is 2.67 bits per heavy atom. The second kappa shape index (κ2) is 5.49. The molecule has 3 rings (SSSR count). The number of anilines is 2. The molecule has 0 atom stereocenters. The van der Waals surface area contributed by atoms with Crippen LogP contribution in [0.1, 0.15) is 5.56 Å². The second-order valence-electron chi connectivity index (χ2n) is 4.35. The van der Waals surface area contributed by atoms with E-state index in [0.29, 0.717) is 18.4 Å². The summed E-state index contributed by atoms with van der Waals surface area (Å²) >= 11 is 0. The average molecular weight is 283 g/mol. The van der Waals surface area contributed by atoms with Crippen LogP contribution in [0.3, 0.4) is 0 Å². The predicted octanol–water partition coefficient (Wildman–Crippen LogP) is 0.0659. The summed E-state index contributed by atoms with van der Waals surface area (Å²) in [5.41, 5.74) is 6.83. The summed E-state index contributed by atoms with van der Waals surface area (Å²) in [6, 6.07) is 3.86. The van der Waals surface area contributed by atoms with Crippen molar-refractivity contribution >= 4 is 11.9 Å². The summed E-state index contributed by atoms with van der Waals surface area (Å²) < 4.78 is 1.43. The highest BCUT2D eigenvalue weighted by Gasteiger charge is 2.11. The third-order valence-corrected chi connectivity index (χ3v) is 2.76. The summed E-state index contributed by atoms with van der Waals surface area (Å²) in [4.78, 5) is 22.2. The number of aromatic nitrogens is 7. The van der Waals surface area contributed by atoms with Crippen LogP contribution < -0.4 is 10.6 Å². The molecule has 0 amide bonds. The van der Waals surface area contributed by atoms with Gasteiger partial charge in [-0.25, -0.2) is 4.98 Å². The van der Waals surface area contributed by atoms with E-state index in [1.807, 2.05) is 24.1 Å². The van der Waals surface area contributed by atoms with Crippen molar-refractivity contribution in [1.82, 2.24) is 34.7 Å². The fourth-order valence-electron chi connectivity index (χ4n) is 1.79. The minimum atomic E-state index is 0.132. The van der Waals surface area contributed by atoms with E-state index in [2.05, 4.69) is 30.0 Å². The van der Waals surface area contributed by atoms with E-state index in [-0.39, 0.29) is 5.95 Å². The molecule has 0 saturated carbocycles. The summed E-state index contributed by atoms with van der Waals surface area (Å²) in [5.74, 6) is 0.925. The average Bonchev–Trinajstić information content (AvgIpc) is 3.02. The highest BCUT2D eigenvalue weighted by molar-refractivity contribution is 5.37. The van der Waals surface area contributed by atoms with Crippen LogP contribution in [0.5, 0.6) is 0 Å². The van der Waals surface area contributed by atoms with Gasteiger partial charge in [0.2, 0.25) is 11.9 Å². The van der Waals surface area contributed by atoms with Gasteiger partial charge in [0.25, 0.3) is 5.95 Å². The first-order chi connectivity index (χ1) is 10.2. The summed E-state index contributed by atoms with van der Waals surface area (Å²) in [6.45, 7) is 0.628. The molecule has 9 heteroatoms. The summed E-state index contributed by atoms with van der Waals surface area (Å²) in [7, 11) is 1.88. The molecule has 0 spiro atoms. The van der Waals surface area contributed by atoms with Crippen LogP contribution in [0.25, 0.3) is 5.95 Å². The molecule has 0 radical (unpaired) electrons. The second-order valence-corrected chi connectivity index (χ2v) is 4.35. The van der Waals surface area contributed by atoms with Crippen LogP contribution in [-0.4, -0.2) is 41.7 Å². The van der Waals surface area contributed by atoms with Crippen LogP contribution in [0.4, 0.5) is 11.9 Å². The lowest BCUT2D eigenvalue weighted by Gasteiger charge is -2.17. The van der Waals surface area contributed by atoms with Gasteiger partial charge in [-0.2, -0.15) is 24.7 Å². The van der Waals surface area contributed by atoms with Crippen molar-refractivity contribution in [3.8, 4) is 5.95 Å². The fourth-order valence-corrected chi connectivity index (χ4v) is 1.79.